The summed E-state index contributed by atoms with van der Waals surface area (Å²) >= 11 is 0. The van der Waals surface area contributed by atoms with Crippen molar-refractivity contribution < 1.29 is 21.5 Å². The molecule has 0 saturated carbocycles. The van der Waals surface area contributed by atoms with Crippen molar-refractivity contribution >= 4 is 0 Å². The van der Waals surface area contributed by atoms with E-state index in [1.54, 1.807) is 0 Å². The van der Waals surface area contributed by atoms with Gasteiger partial charge in [-0.3, -0.25) is 0 Å². The zero-order valence-corrected chi connectivity index (χ0v) is 12.5. The van der Waals surface area contributed by atoms with Crippen molar-refractivity contribution in [3.05, 3.63) is 66.5 Å². The molecule has 0 aliphatic rings. The highest BCUT2D eigenvalue weighted by Crippen LogP contribution is 2.16. The van der Waals surface area contributed by atoms with E-state index >= 15 is 0 Å². The second-order valence-corrected chi connectivity index (χ2v) is 4.82. The Morgan fingerprint density at radius 3 is 2.00 bits per heavy atom. The van der Waals surface area contributed by atoms with Crippen molar-refractivity contribution in [3.8, 4) is 0 Å². The minimum Gasteiger partial charge on any atom is -1.00 e. The van der Waals surface area contributed by atoms with Crippen LogP contribution >= 0.6 is 0 Å². The van der Waals surface area contributed by atoms with Crippen molar-refractivity contribution in [3.63, 3.8) is 0 Å². The molecule has 18 heavy (non-hydrogen) atoms. The number of hydrogen-bond donors (Lipinski definition) is 0. The number of benzene rings is 1. The van der Waals surface area contributed by atoms with E-state index in [2.05, 4.69) is 79.3 Å². The molecule has 1 atom stereocenters. The first-order chi connectivity index (χ1) is 8.27. The summed E-state index contributed by atoms with van der Waals surface area (Å²) in [4.78, 5) is 0. The summed E-state index contributed by atoms with van der Waals surface area (Å²) in [6, 6.07) is 17.5. The van der Waals surface area contributed by atoms with Crippen LogP contribution < -0.4 is 21.5 Å². The molecule has 0 bridgehead atoms. The molecule has 1 heterocycles. The number of pyridine rings is 1. The minimum atomic E-state index is 0. The minimum absolute atomic E-state index is 0. The fourth-order valence-electron chi connectivity index (χ4n) is 2.17. The second kappa shape index (κ2) is 7.32. The van der Waals surface area contributed by atoms with Crippen LogP contribution in [0.15, 0.2) is 60.9 Å². The van der Waals surface area contributed by atoms with Gasteiger partial charge >= 0.3 is 0 Å². The van der Waals surface area contributed by atoms with Gasteiger partial charge in [-0.2, -0.15) is 0 Å². The summed E-state index contributed by atoms with van der Waals surface area (Å²) in [6.07, 6.45) is 5.41. The van der Waals surface area contributed by atoms with Crippen LogP contribution in [0.5, 0.6) is 0 Å². The Balaban J connectivity index is 0.00000162. The smallest absolute Gasteiger partial charge is 0.169 e. The Bertz CT molecular complexity index is 439. The lowest BCUT2D eigenvalue weighted by Crippen LogP contribution is -3.00. The van der Waals surface area contributed by atoms with Crippen molar-refractivity contribution in [1.82, 2.24) is 0 Å². The maximum Gasteiger partial charge on any atom is 0.169 e. The summed E-state index contributed by atoms with van der Waals surface area (Å²) in [5, 5.41) is 0. The maximum absolute atomic E-state index is 2.32. The fraction of sp³-hybridized carbons (Fsp3) is 0.312. The lowest BCUT2D eigenvalue weighted by molar-refractivity contribution is -0.729. The molecule has 0 radical (unpaired) electrons. The Morgan fingerprint density at radius 1 is 0.889 bits per heavy atom. The zero-order chi connectivity index (χ0) is 12.1. The highest BCUT2D eigenvalue weighted by molar-refractivity contribution is 5.15. The van der Waals surface area contributed by atoms with Gasteiger partial charge in [0.15, 0.2) is 18.4 Å². The fourth-order valence-corrected chi connectivity index (χ4v) is 2.17. The molecule has 1 unspecified atom stereocenters. The van der Waals surface area contributed by atoms with Gasteiger partial charge < -0.3 is 17.0 Å². The third-order valence-corrected chi connectivity index (χ3v) is 3.18. The lowest BCUT2D eigenvalue weighted by Gasteiger charge is -2.16. The van der Waals surface area contributed by atoms with Gasteiger partial charge in [0.05, 0.1) is 0 Å². The van der Waals surface area contributed by atoms with E-state index in [0.29, 0.717) is 12.0 Å². The zero-order valence-electron chi connectivity index (χ0n) is 11.0. The van der Waals surface area contributed by atoms with E-state index in [-0.39, 0.29) is 17.0 Å². The molecule has 1 aromatic heterocycles. The molecule has 0 aliphatic carbocycles. The first-order valence-electron chi connectivity index (χ1n) is 6.27. The van der Waals surface area contributed by atoms with Gasteiger partial charge in [0.1, 0.15) is 0 Å². The molecule has 1 nitrogen and oxygen atoms in total. The molecule has 96 valence electrons. The van der Waals surface area contributed by atoms with Gasteiger partial charge in [-0.25, -0.2) is 4.57 Å². The largest absolute Gasteiger partial charge is 1.00 e. The molecule has 0 spiro atoms. The van der Waals surface area contributed by atoms with Crippen molar-refractivity contribution in [1.29, 1.82) is 0 Å². The van der Waals surface area contributed by atoms with Gasteiger partial charge in [0.2, 0.25) is 0 Å². The van der Waals surface area contributed by atoms with Crippen LogP contribution in [0.3, 0.4) is 0 Å². The van der Waals surface area contributed by atoms with Crippen molar-refractivity contribution in [2.24, 2.45) is 5.92 Å². The van der Waals surface area contributed by atoms with Crippen LogP contribution in [0.2, 0.25) is 0 Å². The second-order valence-electron chi connectivity index (χ2n) is 4.82. The van der Waals surface area contributed by atoms with Gasteiger partial charge in [-0.1, -0.05) is 50.2 Å². The van der Waals surface area contributed by atoms with E-state index in [1.165, 1.54) is 5.56 Å². The standard InChI is InChI=1S/C16H20N.BrH/c1-14(2)16(17-11-7-4-8-12-17)13-15-9-5-3-6-10-15;/h3-12,14,16H,13H2,1-2H3;1H/q+1;/p-1. The number of nitrogens with zero attached hydrogens (tertiary/aromatic N) is 1. The average molecular weight is 306 g/mol. The van der Waals surface area contributed by atoms with E-state index in [9.17, 15) is 0 Å². The Hall–Kier alpha value is -1.15. The highest BCUT2D eigenvalue weighted by atomic mass is 79.9. The molecule has 1 aromatic carbocycles. The number of halogens is 1. The molecule has 2 aromatic rings. The highest BCUT2D eigenvalue weighted by Gasteiger charge is 2.22. The van der Waals surface area contributed by atoms with E-state index in [0.717, 1.165) is 6.42 Å². The summed E-state index contributed by atoms with van der Waals surface area (Å²) in [6.45, 7) is 4.57. The molecule has 0 fully saturated rings. The Labute approximate surface area is 120 Å². The molecule has 0 amide bonds. The number of hydrogen-bond acceptors (Lipinski definition) is 0. The molecule has 2 rings (SSSR count). The molecule has 2 heteroatoms. The van der Waals surface area contributed by atoms with E-state index in [4.69, 9.17) is 0 Å². The first-order valence-corrected chi connectivity index (χ1v) is 6.27. The summed E-state index contributed by atoms with van der Waals surface area (Å²) in [7, 11) is 0. The summed E-state index contributed by atoms with van der Waals surface area (Å²) in [5.41, 5.74) is 1.41. The Morgan fingerprint density at radius 2 is 1.44 bits per heavy atom. The van der Waals surface area contributed by atoms with Gasteiger partial charge in [0, 0.05) is 24.5 Å². The van der Waals surface area contributed by atoms with Crippen LogP contribution in [0, 0.1) is 5.92 Å². The molecular formula is C16H20BrN. The predicted molar refractivity (Wildman–Crippen MR) is 70.7 cm³/mol. The quantitative estimate of drug-likeness (QED) is 0.721. The first kappa shape index (κ1) is 14.9. The van der Waals surface area contributed by atoms with Crippen LogP contribution in [-0.2, 0) is 6.42 Å². The van der Waals surface area contributed by atoms with Gasteiger partial charge in [-0.05, 0) is 5.56 Å². The predicted octanol–water partition coefficient (Wildman–Crippen LogP) is 0.418. The van der Waals surface area contributed by atoms with Gasteiger partial charge in [-0.15, -0.1) is 0 Å². The summed E-state index contributed by atoms with van der Waals surface area (Å²) in [5.74, 6) is 0.627. The van der Waals surface area contributed by atoms with Crippen molar-refractivity contribution in [2.75, 3.05) is 0 Å². The monoisotopic (exact) mass is 305 g/mol. The third kappa shape index (κ3) is 3.95. The average Bonchev–Trinajstić information content (AvgIpc) is 2.38. The number of rotatable bonds is 4. The topological polar surface area (TPSA) is 3.88 Å². The van der Waals surface area contributed by atoms with E-state index < -0.39 is 0 Å². The summed E-state index contributed by atoms with van der Waals surface area (Å²) < 4.78 is 2.32. The van der Waals surface area contributed by atoms with Crippen LogP contribution in [0.1, 0.15) is 25.5 Å². The SMILES string of the molecule is CC(C)C(Cc1ccccc1)[n+]1ccccc1.[Br-]. The van der Waals surface area contributed by atoms with Crippen LogP contribution in [0.4, 0.5) is 0 Å². The van der Waals surface area contributed by atoms with Crippen LogP contribution in [-0.4, -0.2) is 0 Å². The van der Waals surface area contributed by atoms with Crippen molar-refractivity contribution in [2.45, 2.75) is 26.3 Å². The molecular weight excluding hydrogens is 286 g/mol. The lowest BCUT2D eigenvalue weighted by atomic mass is 9.96. The normalized spacial score (nSPS) is 11.9. The maximum atomic E-state index is 2.32. The van der Waals surface area contributed by atoms with Crippen LogP contribution in [0.25, 0.3) is 0 Å². The van der Waals surface area contributed by atoms with E-state index in [1.807, 2.05) is 0 Å². The number of aromatic nitrogens is 1. The Kier molecular flexibility index (Phi) is 6.06. The molecule has 0 saturated heterocycles. The third-order valence-electron chi connectivity index (χ3n) is 3.18. The molecule has 0 N–H and O–H groups in total. The van der Waals surface area contributed by atoms with Gasteiger partial charge in [0.25, 0.3) is 0 Å². The molecule has 0 aliphatic heterocycles.